The van der Waals surface area contributed by atoms with Crippen LogP contribution in [0.4, 0.5) is 10.1 Å². The molecule has 0 radical (unpaired) electrons. The maximum absolute atomic E-state index is 13.6. The van der Waals surface area contributed by atoms with Gasteiger partial charge in [0, 0.05) is 0 Å². The van der Waals surface area contributed by atoms with Crippen LogP contribution in [0.5, 0.6) is 11.5 Å². The van der Waals surface area contributed by atoms with Crippen molar-refractivity contribution in [1.82, 2.24) is 4.90 Å². The number of halogens is 2. The number of hydrogen-bond donors (Lipinski definition) is 1. The molecule has 0 saturated carbocycles. The van der Waals surface area contributed by atoms with E-state index in [0.717, 1.165) is 11.1 Å². The van der Waals surface area contributed by atoms with Gasteiger partial charge in [-0.15, -0.1) is 0 Å². The summed E-state index contributed by atoms with van der Waals surface area (Å²) in [5.41, 5.74) is 3.14. The Kier molecular flexibility index (Phi) is 9.04. The van der Waals surface area contributed by atoms with Crippen molar-refractivity contribution in [2.75, 3.05) is 7.11 Å². The lowest BCUT2D eigenvalue weighted by Crippen LogP contribution is -2.28. The zero-order valence-electron chi connectivity index (χ0n) is 22.3. The number of aromatic carboxylic acids is 1. The summed E-state index contributed by atoms with van der Waals surface area (Å²) in [6.07, 6.45) is 1.76. The van der Waals surface area contributed by atoms with Crippen LogP contribution in [0, 0.1) is 5.82 Å². The number of carbonyl (C=O) groups excluding carboxylic acids is 1. The third-order valence-electron chi connectivity index (χ3n) is 6.26. The second-order valence-corrected chi connectivity index (χ2v) is 11.0. The van der Waals surface area contributed by atoms with Gasteiger partial charge in [-0.2, -0.15) is 0 Å². The van der Waals surface area contributed by atoms with Gasteiger partial charge in [-0.25, -0.2) is 14.2 Å². The van der Waals surface area contributed by atoms with Crippen LogP contribution in [0.3, 0.4) is 0 Å². The van der Waals surface area contributed by atoms with E-state index in [1.54, 1.807) is 41.3 Å². The van der Waals surface area contributed by atoms with Gasteiger partial charge in [0.05, 0.1) is 34.3 Å². The van der Waals surface area contributed by atoms with Gasteiger partial charge < -0.3 is 14.6 Å². The molecule has 1 saturated heterocycles. The number of amides is 1. The second-order valence-electron chi connectivity index (χ2n) is 9.18. The fourth-order valence-corrected chi connectivity index (χ4v) is 5.70. The van der Waals surface area contributed by atoms with Gasteiger partial charge >= 0.3 is 5.97 Å². The molecule has 0 bridgehead atoms. The molecule has 0 unspecified atom stereocenters. The highest BCUT2D eigenvalue weighted by atomic mass is 79.9. The molecular formula is C32H24BrFN2O5S. The number of carboxylic acid groups (broad SMARTS) is 1. The maximum atomic E-state index is 13.6. The van der Waals surface area contributed by atoms with E-state index in [0.29, 0.717) is 37.3 Å². The Morgan fingerprint density at radius 1 is 1.02 bits per heavy atom. The number of aliphatic imine (C=N–C) groups is 1. The number of nitrogens with zero attached hydrogens (tertiary/aromatic N) is 2. The summed E-state index contributed by atoms with van der Waals surface area (Å²) in [4.78, 5) is 31.7. The first-order valence-corrected chi connectivity index (χ1v) is 14.3. The summed E-state index contributed by atoms with van der Waals surface area (Å²) in [6.45, 7) is 0.434. The number of carboxylic acids is 1. The van der Waals surface area contributed by atoms with Crippen LogP contribution < -0.4 is 9.47 Å². The molecule has 0 aliphatic carbocycles. The first kappa shape index (κ1) is 29.1. The Morgan fingerprint density at radius 3 is 2.38 bits per heavy atom. The first-order chi connectivity index (χ1) is 20.3. The van der Waals surface area contributed by atoms with Crippen LogP contribution in [0.15, 0.2) is 105 Å². The number of carbonyl (C=O) groups is 2. The van der Waals surface area contributed by atoms with Gasteiger partial charge in [0.15, 0.2) is 16.7 Å². The summed E-state index contributed by atoms with van der Waals surface area (Å²) in [6, 6.07) is 25.4. The standard InChI is InChI=1S/C32H24BrFN2O5S/c1-40-27-16-22(15-26(33)29(27)41-19-21-9-13-24(34)14-10-21)17-28-30(37)36(18-20-7-11-23(12-8-20)31(38)39)32(42-28)35-25-5-3-2-4-6-25/h2-17H,18-19H2,1H3,(H,38,39)/b28-17-,35-32?. The fraction of sp³-hybridized carbons (Fsp3) is 0.0938. The molecule has 1 aliphatic rings. The molecule has 7 nitrogen and oxygen atoms in total. The molecule has 4 aromatic carbocycles. The topological polar surface area (TPSA) is 88.4 Å². The normalized spacial score (nSPS) is 14.9. The number of amidine groups is 1. The zero-order chi connectivity index (χ0) is 29.6. The van der Waals surface area contributed by atoms with Crippen LogP contribution in [-0.4, -0.2) is 34.2 Å². The minimum atomic E-state index is -1.01. The van der Waals surface area contributed by atoms with Crippen molar-refractivity contribution in [3.8, 4) is 11.5 Å². The molecule has 1 fully saturated rings. The molecule has 42 heavy (non-hydrogen) atoms. The van der Waals surface area contributed by atoms with Crippen LogP contribution in [0.25, 0.3) is 6.08 Å². The van der Waals surface area contributed by atoms with E-state index in [2.05, 4.69) is 15.9 Å². The highest BCUT2D eigenvalue weighted by Gasteiger charge is 2.33. The molecule has 212 valence electrons. The third-order valence-corrected chi connectivity index (χ3v) is 7.85. The van der Waals surface area contributed by atoms with Gasteiger partial charge in [-0.1, -0.05) is 42.5 Å². The largest absolute Gasteiger partial charge is 0.493 e. The predicted octanol–water partition coefficient (Wildman–Crippen LogP) is 7.68. The Balaban J connectivity index is 1.43. The van der Waals surface area contributed by atoms with Gasteiger partial charge in [0.2, 0.25) is 0 Å². The summed E-state index contributed by atoms with van der Waals surface area (Å²) in [5, 5.41) is 9.73. The number of hydrogen-bond acceptors (Lipinski definition) is 6. The Hall–Kier alpha value is -4.41. The number of para-hydroxylation sites is 1. The quantitative estimate of drug-likeness (QED) is 0.188. The predicted molar refractivity (Wildman–Crippen MR) is 164 cm³/mol. The van der Waals surface area contributed by atoms with E-state index in [9.17, 15) is 19.1 Å². The number of benzene rings is 4. The highest BCUT2D eigenvalue weighted by Crippen LogP contribution is 2.40. The average Bonchev–Trinajstić information content (AvgIpc) is 3.26. The first-order valence-electron chi connectivity index (χ1n) is 12.7. The van der Waals surface area contributed by atoms with Crippen molar-refractivity contribution < 1.29 is 28.6 Å². The molecule has 1 heterocycles. The number of ether oxygens (including phenoxy) is 2. The summed E-state index contributed by atoms with van der Waals surface area (Å²) >= 11 is 4.81. The van der Waals surface area contributed by atoms with E-state index in [1.807, 2.05) is 36.4 Å². The smallest absolute Gasteiger partial charge is 0.335 e. The molecule has 1 N–H and O–H groups in total. The number of methoxy groups -OCH3 is 1. The summed E-state index contributed by atoms with van der Waals surface area (Å²) in [5.74, 6) is -0.626. The molecule has 4 aromatic rings. The number of thioether (sulfide) groups is 1. The van der Waals surface area contributed by atoms with Gasteiger partial charge in [0.25, 0.3) is 5.91 Å². The molecular weight excluding hydrogens is 623 g/mol. The second kappa shape index (κ2) is 13.1. The van der Waals surface area contributed by atoms with Crippen molar-refractivity contribution in [3.05, 3.63) is 128 Å². The number of rotatable bonds is 9. The molecule has 10 heteroatoms. The Morgan fingerprint density at radius 2 is 1.71 bits per heavy atom. The fourth-order valence-electron chi connectivity index (χ4n) is 4.13. The molecule has 0 spiro atoms. The molecule has 1 aliphatic heterocycles. The zero-order valence-corrected chi connectivity index (χ0v) is 24.7. The van der Waals surface area contributed by atoms with E-state index in [4.69, 9.17) is 14.5 Å². The Labute approximate surface area is 254 Å². The van der Waals surface area contributed by atoms with Crippen LogP contribution in [0.1, 0.15) is 27.0 Å². The minimum Gasteiger partial charge on any atom is -0.493 e. The Bertz CT molecular complexity index is 1680. The lowest BCUT2D eigenvalue weighted by Gasteiger charge is -2.16. The lowest BCUT2D eigenvalue weighted by molar-refractivity contribution is -0.122. The maximum Gasteiger partial charge on any atom is 0.335 e. The van der Waals surface area contributed by atoms with Gasteiger partial charge in [-0.3, -0.25) is 9.69 Å². The van der Waals surface area contributed by atoms with Crippen molar-refractivity contribution in [2.24, 2.45) is 4.99 Å². The van der Waals surface area contributed by atoms with Crippen molar-refractivity contribution >= 4 is 56.5 Å². The third kappa shape index (κ3) is 6.89. The molecule has 1 amide bonds. The molecule has 5 rings (SSSR count). The van der Waals surface area contributed by atoms with Crippen LogP contribution >= 0.6 is 27.7 Å². The average molecular weight is 648 g/mol. The molecule has 0 aromatic heterocycles. The van der Waals surface area contributed by atoms with E-state index in [-0.39, 0.29) is 30.4 Å². The minimum absolute atomic E-state index is 0.171. The van der Waals surface area contributed by atoms with E-state index < -0.39 is 5.97 Å². The van der Waals surface area contributed by atoms with Crippen LogP contribution in [0.2, 0.25) is 0 Å². The van der Waals surface area contributed by atoms with Gasteiger partial charge in [-0.05, 0) is 99.0 Å². The monoisotopic (exact) mass is 646 g/mol. The van der Waals surface area contributed by atoms with Crippen LogP contribution in [-0.2, 0) is 17.9 Å². The van der Waals surface area contributed by atoms with Crippen molar-refractivity contribution in [2.45, 2.75) is 13.2 Å². The van der Waals surface area contributed by atoms with Crippen molar-refractivity contribution in [3.63, 3.8) is 0 Å². The lowest BCUT2D eigenvalue weighted by atomic mass is 10.1. The summed E-state index contributed by atoms with van der Waals surface area (Å²) in [7, 11) is 1.53. The highest BCUT2D eigenvalue weighted by molar-refractivity contribution is 9.10. The van der Waals surface area contributed by atoms with E-state index >= 15 is 0 Å². The van der Waals surface area contributed by atoms with E-state index in [1.165, 1.54) is 43.1 Å². The van der Waals surface area contributed by atoms with Crippen molar-refractivity contribution in [1.29, 1.82) is 0 Å². The van der Waals surface area contributed by atoms with Gasteiger partial charge in [0.1, 0.15) is 12.4 Å². The summed E-state index contributed by atoms with van der Waals surface area (Å²) < 4.78 is 25.4. The SMILES string of the molecule is COc1cc(/C=C2\SC(=Nc3ccccc3)N(Cc3ccc(C(=O)O)cc3)C2=O)cc(Br)c1OCc1ccc(F)cc1. The molecule has 0 atom stereocenters.